The zero-order valence-electron chi connectivity index (χ0n) is 24.3. The Hall–Kier alpha value is -5.44. The van der Waals surface area contributed by atoms with Crippen LogP contribution < -0.4 is 19.5 Å². The maximum atomic E-state index is 13.2. The van der Waals surface area contributed by atoms with Crippen molar-refractivity contribution in [3.63, 3.8) is 0 Å². The third-order valence-corrected chi connectivity index (χ3v) is 6.88. The largest absolute Gasteiger partial charge is 0.497 e. The molecule has 5 aromatic rings. The van der Waals surface area contributed by atoms with Crippen molar-refractivity contribution >= 4 is 28.6 Å². The van der Waals surface area contributed by atoms with Gasteiger partial charge in [0.25, 0.3) is 5.91 Å². The van der Waals surface area contributed by atoms with Gasteiger partial charge >= 0.3 is 5.97 Å². The van der Waals surface area contributed by atoms with Gasteiger partial charge in [0.2, 0.25) is 0 Å². The second-order valence-electron chi connectivity index (χ2n) is 9.60. The van der Waals surface area contributed by atoms with Crippen molar-refractivity contribution in [2.24, 2.45) is 0 Å². The van der Waals surface area contributed by atoms with Crippen molar-refractivity contribution in [1.29, 1.82) is 0 Å². The van der Waals surface area contributed by atoms with E-state index in [9.17, 15) is 9.59 Å². The average molecular weight is 578 g/mol. The first-order chi connectivity index (χ1) is 20.9. The van der Waals surface area contributed by atoms with Crippen LogP contribution >= 0.6 is 0 Å². The number of amides is 1. The van der Waals surface area contributed by atoms with Crippen molar-refractivity contribution < 1.29 is 28.5 Å². The summed E-state index contributed by atoms with van der Waals surface area (Å²) in [5, 5.41) is 2.78. The lowest BCUT2D eigenvalue weighted by Gasteiger charge is -2.17. The number of hydrogen-bond acceptors (Lipinski definition) is 8. The molecule has 218 valence electrons. The van der Waals surface area contributed by atoms with E-state index in [1.54, 1.807) is 70.7 Å². The van der Waals surface area contributed by atoms with Gasteiger partial charge in [-0.05, 0) is 85.3 Å². The summed E-state index contributed by atoms with van der Waals surface area (Å²) in [7, 11) is 4.77. The van der Waals surface area contributed by atoms with E-state index in [0.29, 0.717) is 40.3 Å². The summed E-state index contributed by atoms with van der Waals surface area (Å²) in [5.41, 5.74) is 4.90. The van der Waals surface area contributed by atoms with Crippen LogP contribution in [0.25, 0.3) is 33.5 Å². The van der Waals surface area contributed by atoms with Crippen molar-refractivity contribution in [1.82, 2.24) is 9.97 Å². The fraction of sp³-hybridized carbons (Fsp3) is 0.176. The normalized spacial score (nSPS) is 11.4. The van der Waals surface area contributed by atoms with Crippen molar-refractivity contribution in [3.05, 3.63) is 96.6 Å². The van der Waals surface area contributed by atoms with Crippen LogP contribution in [0.1, 0.15) is 23.7 Å². The number of benzene rings is 4. The van der Waals surface area contributed by atoms with Crippen LogP contribution in [0.3, 0.4) is 0 Å². The minimum absolute atomic E-state index is 0.257. The lowest BCUT2D eigenvalue weighted by atomic mass is 10.0. The number of anilines is 1. The van der Waals surface area contributed by atoms with E-state index in [1.165, 1.54) is 0 Å². The second-order valence-corrected chi connectivity index (χ2v) is 9.60. The second kappa shape index (κ2) is 13.0. The molecular formula is C34H31N3O6. The molecule has 1 amide bonds. The molecule has 0 aliphatic carbocycles. The monoisotopic (exact) mass is 577 g/mol. The summed E-state index contributed by atoms with van der Waals surface area (Å²) >= 11 is 0. The number of aromatic nitrogens is 2. The Bertz CT molecular complexity index is 1750. The molecule has 0 radical (unpaired) electrons. The topological polar surface area (TPSA) is 109 Å². The molecule has 0 saturated carbocycles. The third-order valence-electron chi connectivity index (χ3n) is 6.88. The molecule has 0 spiro atoms. The first-order valence-corrected chi connectivity index (χ1v) is 13.7. The Labute approximate surface area is 249 Å². The van der Waals surface area contributed by atoms with Crippen LogP contribution in [0.4, 0.5) is 5.69 Å². The quantitative estimate of drug-likeness (QED) is 0.186. The molecule has 1 N–H and O–H groups in total. The summed E-state index contributed by atoms with van der Waals surface area (Å²) in [6, 6.07) is 27.0. The SMILES string of the molecule is CCC(OC(=O)c1ccc2nc(-c3ccc(OC)cc3)c(-c3ccc(OC)cc3)nc2c1)C(=O)Nc1cccc(OC)c1. The van der Waals surface area contributed by atoms with Crippen molar-refractivity contribution in [2.75, 3.05) is 26.6 Å². The molecule has 9 nitrogen and oxygen atoms in total. The predicted molar refractivity (Wildman–Crippen MR) is 165 cm³/mol. The number of nitrogens with one attached hydrogen (secondary N) is 1. The van der Waals surface area contributed by atoms with E-state index in [4.69, 9.17) is 28.9 Å². The van der Waals surface area contributed by atoms with Gasteiger partial charge in [-0.3, -0.25) is 4.79 Å². The number of fused-ring (bicyclic) bond motifs is 1. The lowest BCUT2D eigenvalue weighted by molar-refractivity contribution is -0.124. The number of nitrogens with zero attached hydrogens (tertiary/aromatic N) is 2. The first kappa shape index (κ1) is 29.1. The fourth-order valence-electron chi connectivity index (χ4n) is 4.52. The minimum atomic E-state index is -0.993. The van der Waals surface area contributed by atoms with Crippen molar-refractivity contribution in [3.8, 4) is 39.8 Å². The number of methoxy groups -OCH3 is 3. The van der Waals surface area contributed by atoms with E-state index in [-0.39, 0.29) is 5.56 Å². The molecule has 0 saturated heterocycles. The highest BCUT2D eigenvalue weighted by atomic mass is 16.5. The molecule has 5 rings (SSSR count). The van der Waals surface area contributed by atoms with Gasteiger partial charge in [0.15, 0.2) is 6.10 Å². The molecule has 0 aliphatic rings. The van der Waals surface area contributed by atoms with E-state index in [0.717, 1.165) is 22.6 Å². The van der Waals surface area contributed by atoms with E-state index in [1.807, 2.05) is 48.5 Å². The Morgan fingerprint density at radius 2 is 1.28 bits per heavy atom. The van der Waals surface area contributed by atoms with Crippen LogP contribution in [-0.2, 0) is 9.53 Å². The molecule has 0 fully saturated rings. The summed E-state index contributed by atoms with van der Waals surface area (Å²) in [5.74, 6) is 0.977. The molecule has 1 heterocycles. The number of rotatable bonds is 10. The minimum Gasteiger partial charge on any atom is -0.497 e. The molecular weight excluding hydrogens is 546 g/mol. The zero-order chi connectivity index (χ0) is 30.3. The number of ether oxygens (including phenoxy) is 4. The molecule has 1 atom stereocenters. The smallest absolute Gasteiger partial charge is 0.338 e. The molecule has 4 aromatic carbocycles. The van der Waals surface area contributed by atoms with Gasteiger partial charge in [0, 0.05) is 22.9 Å². The highest BCUT2D eigenvalue weighted by Gasteiger charge is 2.23. The van der Waals surface area contributed by atoms with Gasteiger partial charge in [-0.15, -0.1) is 0 Å². The van der Waals surface area contributed by atoms with Crippen LogP contribution in [0.15, 0.2) is 91.0 Å². The Kier molecular flexibility index (Phi) is 8.81. The summed E-state index contributed by atoms with van der Waals surface area (Å²) in [6.45, 7) is 1.77. The van der Waals surface area contributed by atoms with Crippen LogP contribution in [0.5, 0.6) is 17.2 Å². The van der Waals surface area contributed by atoms with Crippen molar-refractivity contribution in [2.45, 2.75) is 19.4 Å². The first-order valence-electron chi connectivity index (χ1n) is 13.7. The maximum Gasteiger partial charge on any atom is 0.338 e. The van der Waals surface area contributed by atoms with Crippen LogP contribution in [0, 0.1) is 0 Å². The van der Waals surface area contributed by atoms with Gasteiger partial charge in [0.1, 0.15) is 17.2 Å². The standard InChI is InChI=1S/C34H31N3O6/c1-5-30(33(38)35-24-7-6-8-27(20-24)42-4)43-34(39)23-13-18-28-29(19-23)37-32(22-11-16-26(41-3)17-12-22)31(36-28)21-9-14-25(40-2)15-10-21/h6-20,30H,5H2,1-4H3,(H,35,38). The summed E-state index contributed by atoms with van der Waals surface area (Å²) in [6.07, 6.45) is -0.699. The molecule has 1 unspecified atom stereocenters. The van der Waals surface area contributed by atoms with Gasteiger partial charge in [-0.25, -0.2) is 14.8 Å². The molecule has 1 aromatic heterocycles. The van der Waals surface area contributed by atoms with E-state index >= 15 is 0 Å². The molecule has 0 aliphatic heterocycles. The molecule has 0 bridgehead atoms. The fourth-order valence-corrected chi connectivity index (χ4v) is 4.52. The van der Waals surface area contributed by atoms with Crippen LogP contribution in [-0.4, -0.2) is 49.3 Å². The Balaban J connectivity index is 1.45. The molecule has 43 heavy (non-hydrogen) atoms. The average Bonchev–Trinajstić information content (AvgIpc) is 3.06. The number of carbonyl (C=O) groups is 2. The van der Waals surface area contributed by atoms with Gasteiger partial charge in [0.05, 0.1) is 49.3 Å². The third kappa shape index (κ3) is 6.56. The molecule has 9 heteroatoms. The Morgan fingerprint density at radius 3 is 1.84 bits per heavy atom. The number of esters is 1. The predicted octanol–water partition coefficient (Wildman–Crippen LogP) is 6.56. The van der Waals surface area contributed by atoms with E-state index < -0.39 is 18.0 Å². The zero-order valence-corrected chi connectivity index (χ0v) is 24.3. The van der Waals surface area contributed by atoms with Gasteiger partial charge < -0.3 is 24.3 Å². The van der Waals surface area contributed by atoms with Gasteiger partial charge in [-0.2, -0.15) is 0 Å². The highest BCUT2D eigenvalue weighted by molar-refractivity contribution is 5.99. The number of carbonyl (C=O) groups excluding carboxylic acids is 2. The summed E-state index contributed by atoms with van der Waals surface area (Å²) < 4.78 is 21.5. The maximum absolute atomic E-state index is 13.2. The van der Waals surface area contributed by atoms with Gasteiger partial charge in [-0.1, -0.05) is 13.0 Å². The summed E-state index contributed by atoms with van der Waals surface area (Å²) in [4.78, 5) is 36.0. The van der Waals surface area contributed by atoms with E-state index in [2.05, 4.69) is 5.32 Å². The Morgan fingerprint density at radius 1 is 0.698 bits per heavy atom. The lowest BCUT2D eigenvalue weighted by Crippen LogP contribution is -2.32. The number of hydrogen-bond donors (Lipinski definition) is 1. The highest BCUT2D eigenvalue weighted by Crippen LogP contribution is 2.33. The van der Waals surface area contributed by atoms with Crippen LogP contribution in [0.2, 0.25) is 0 Å².